The molecule has 1 aliphatic carbocycles. The van der Waals surface area contributed by atoms with E-state index in [0.717, 1.165) is 62.7 Å². The highest BCUT2D eigenvalue weighted by Gasteiger charge is 2.40. The summed E-state index contributed by atoms with van der Waals surface area (Å²) in [6, 6.07) is 10.6. The van der Waals surface area contributed by atoms with Gasteiger partial charge in [0.15, 0.2) is 0 Å². The molecule has 168 valence electrons. The molecule has 2 heterocycles. The van der Waals surface area contributed by atoms with Crippen LogP contribution in [0.3, 0.4) is 0 Å². The maximum Gasteiger partial charge on any atom is 0.263 e. The van der Waals surface area contributed by atoms with Crippen molar-refractivity contribution in [3.8, 4) is 0 Å². The van der Waals surface area contributed by atoms with E-state index < -0.39 is 0 Å². The van der Waals surface area contributed by atoms with Crippen LogP contribution in [0.2, 0.25) is 0 Å². The molecular weight excluding hydrogens is 410 g/mol. The molecule has 1 saturated heterocycles. The quantitative estimate of drug-likeness (QED) is 0.695. The van der Waals surface area contributed by atoms with Gasteiger partial charge < -0.3 is 15.2 Å². The van der Waals surface area contributed by atoms with Crippen LogP contribution in [0.4, 0.5) is 0 Å². The molecule has 1 amide bonds. The number of carbonyl (C=O) groups is 1. The van der Waals surface area contributed by atoms with Gasteiger partial charge in [-0.15, -0.1) is 11.3 Å². The molecule has 0 bridgehead atoms. The zero-order valence-electron chi connectivity index (χ0n) is 18.5. The fourth-order valence-corrected chi connectivity index (χ4v) is 5.96. The number of hydrogen-bond acceptors (Lipinski definition) is 6. The first-order chi connectivity index (χ1) is 15.0. The Morgan fingerprint density at radius 2 is 1.94 bits per heavy atom. The van der Waals surface area contributed by atoms with Crippen LogP contribution in [0.5, 0.6) is 0 Å². The second kappa shape index (κ2) is 9.77. The summed E-state index contributed by atoms with van der Waals surface area (Å²) in [6.07, 6.45) is 3.05. The molecule has 0 spiro atoms. The van der Waals surface area contributed by atoms with E-state index in [1.165, 1.54) is 16.9 Å². The summed E-state index contributed by atoms with van der Waals surface area (Å²) >= 11 is 1.45. The van der Waals surface area contributed by atoms with E-state index in [1.807, 2.05) is 19.9 Å². The summed E-state index contributed by atoms with van der Waals surface area (Å²) in [5.41, 5.74) is 1.84. The van der Waals surface area contributed by atoms with Crippen LogP contribution in [0.1, 0.15) is 51.6 Å². The Morgan fingerprint density at radius 3 is 2.61 bits per heavy atom. The van der Waals surface area contributed by atoms with E-state index in [9.17, 15) is 9.90 Å². The van der Waals surface area contributed by atoms with Gasteiger partial charge in [0.1, 0.15) is 4.88 Å². The fourth-order valence-electron chi connectivity index (χ4n) is 5.12. The minimum Gasteiger partial charge on any atom is -0.391 e. The zero-order chi connectivity index (χ0) is 21.8. The van der Waals surface area contributed by atoms with Gasteiger partial charge in [-0.25, -0.2) is 4.98 Å². The molecular formula is C24H33N3O3S. The number of benzene rings is 1. The first kappa shape index (κ1) is 22.4. The molecule has 6 nitrogen and oxygen atoms in total. The number of amides is 1. The summed E-state index contributed by atoms with van der Waals surface area (Å²) in [6.45, 7) is 7.60. The molecule has 3 atom stereocenters. The third-order valence-electron chi connectivity index (χ3n) is 6.88. The van der Waals surface area contributed by atoms with Gasteiger partial charge in [0.2, 0.25) is 0 Å². The van der Waals surface area contributed by atoms with Crippen molar-refractivity contribution in [3.05, 3.63) is 51.5 Å². The Morgan fingerprint density at radius 1 is 1.23 bits per heavy atom. The number of aryl methyl sites for hydroxylation is 2. The minimum atomic E-state index is -0.356. The number of aliphatic hydroxyl groups is 1. The van der Waals surface area contributed by atoms with Gasteiger partial charge in [0, 0.05) is 31.1 Å². The number of ether oxygens (including phenoxy) is 1. The lowest BCUT2D eigenvalue weighted by Gasteiger charge is -2.37. The molecule has 1 aliphatic heterocycles. The molecule has 31 heavy (non-hydrogen) atoms. The predicted molar refractivity (Wildman–Crippen MR) is 123 cm³/mol. The molecule has 1 saturated carbocycles. The lowest BCUT2D eigenvalue weighted by atomic mass is 9.74. The van der Waals surface area contributed by atoms with Gasteiger partial charge in [-0.2, -0.15) is 0 Å². The van der Waals surface area contributed by atoms with Crippen molar-refractivity contribution in [2.24, 2.45) is 0 Å². The maximum atomic E-state index is 12.9. The van der Waals surface area contributed by atoms with E-state index in [4.69, 9.17) is 4.74 Å². The van der Waals surface area contributed by atoms with Crippen molar-refractivity contribution in [1.29, 1.82) is 0 Å². The maximum absolute atomic E-state index is 12.9. The van der Waals surface area contributed by atoms with Crippen molar-refractivity contribution in [3.63, 3.8) is 0 Å². The standard InChI is InChI=1S/C24H33N3O3S/c1-17-22(31-18(2)26-17)23(29)25-16-24(19-6-4-3-5-7-19)10-8-20(21(28)9-11-24)27-12-14-30-15-13-27/h3-7,20-21,28H,8-16H2,1-2H3,(H,25,29)/t20-,21-,24-/m1/s1. The number of nitrogens with zero attached hydrogens (tertiary/aromatic N) is 2. The molecule has 0 unspecified atom stereocenters. The number of aliphatic hydroxyl groups excluding tert-OH is 1. The Bertz CT molecular complexity index is 881. The topological polar surface area (TPSA) is 74.7 Å². The van der Waals surface area contributed by atoms with Crippen molar-refractivity contribution < 1.29 is 14.6 Å². The van der Waals surface area contributed by atoms with Crippen molar-refractivity contribution >= 4 is 17.2 Å². The van der Waals surface area contributed by atoms with Gasteiger partial charge >= 0.3 is 0 Å². The third-order valence-corrected chi connectivity index (χ3v) is 7.95. The van der Waals surface area contributed by atoms with E-state index in [1.54, 1.807) is 0 Å². The van der Waals surface area contributed by atoms with Crippen LogP contribution in [-0.2, 0) is 10.2 Å². The monoisotopic (exact) mass is 443 g/mol. The van der Waals surface area contributed by atoms with E-state index in [0.29, 0.717) is 11.4 Å². The van der Waals surface area contributed by atoms with Crippen LogP contribution in [0.25, 0.3) is 0 Å². The van der Waals surface area contributed by atoms with Gasteiger partial charge in [0.25, 0.3) is 5.91 Å². The van der Waals surface area contributed by atoms with Gasteiger partial charge in [-0.3, -0.25) is 9.69 Å². The number of aromatic nitrogens is 1. The summed E-state index contributed by atoms with van der Waals surface area (Å²) in [7, 11) is 0. The summed E-state index contributed by atoms with van der Waals surface area (Å²) in [5.74, 6) is -0.0482. The molecule has 4 rings (SSSR count). The third kappa shape index (κ3) is 5.00. The van der Waals surface area contributed by atoms with Crippen LogP contribution in [0.15, 0.2) is 30.3 Å². The van der Waals surface area contributed by atoms with Gasteiger partial charge in [-0.1, -0.05) is 30.3 Å². The Hall–Kier alpha value is -1.80. The van der Waals surface area contributed by atoms with E-state index in [2.05, 4.69) is 39.5 Å². The average Bonchev–Trinajstić information content (AvgIpc) is 3.04. The highest BCUT2D eigenvalue weighted by molar-refractivity contribution is 7.13. The molecule has 1 aromatic carbocycles. The normalized spacial score (nSPS) is 27.6. The van der Waals surface area contributed by atoms with Crippen LogP contribution in [0, 0.1) is 13.8 Å². The second-order valence-electron chi connectivity index (χ2n) is 8.84. The van der Waals surface area contributed by atoms with Crippen molar-refractivity contribution in [2.45, 2.75) is 57.1 Å². The van der Waals surface area contributed by atoms with Gasteiger partial charge in [0.05, 0.1) is 30.0 Å². The molecule has 1 aromatic heterocycles. The first-order valence-corrected chi connectivity index (χ1v) is 12.1. The van der Waals surface area contributed by atoms with Crippen LogP contribution >= 0.6 is 11.3 Å². The van der Waals surface area contributed by atoms with Crippen LogP contribution in [-0.4, -0.2) is 65.9 Å². The Labute approximate surface area is 188 Å². The smallest absolute Gasteiger partial charge is 0.263 e. The molecule has 2 fully saturated rings. The molecule has 2 aliphatic rings. The zero-order valence-corrected chi connectivity index (χ0v) is 19.3. The lowest BCUT2D eigenvalue weighted by molar-refractivity contribution is -0.0236. The highest BCUT2D eigenvalue weighted by atomic mass is 32.1. The average molecular weight is 444 g/mol. The predicted octanol–water partition coefficient (Wildman–Crippen LogP) is 3.06. The number of carbonyl (C=O) groups excluding carboxylic acids is 1. The number of rotatable bonds is 5. The minimum absolute atomic E-state index is 0.0482. The molecule has 7 heteroatoms. The highest BCUT2D eigenvalue weighted by Crippen LogP contribution is 2.39. The Kier molecular flexibility index (Phi) is 7.06. The Balaban J connectivity index is 1.54. The van der Waals surface area contributed by atoms with E-state index >= 15 is 0 Å². The summed E-state index contributed by atoms with van der Waals surface area (Å²) in [4.78, 5) is 20.4. The van der Waals surface area contributed by atoms with Gasteiger partial charge in [-0.05, 0) is 45.1 Å². The number of hydrogen-bond donors (Lipinski definition) is 2. The van der Waals surface area contributed by atoms with Crippen molar-refractivity contribution in [2.75, 3.05) is 32.8 Å². The fraction of sp³-hybridized carbons (Fsp3) is 0.583. The summed E-state index contributed by atoms with van der Waals surface area (Å²) < 4.78 is 5.51. The summed E-state index contributed by atoms with van der Waals surface area (Å²) in [5, 5.41) is 15.1. The first-order valence-electron chi connectivity index (χ1n) is 11.3. The molecule has 2 aromatic rings. The molecule has 2 N–H and O–H groups in total. The number of nitrogens with one attached hydrogen (secondary N) is 1. The largest absolute Gasteiger partial charge is 0.391 e. The SMILES string of the molecule is Cc1nc(C)c(C(=O)NC[C@]2(c3ccccc3)CC[C@@H](O)[C@H](N3CCOCC3)CC2)s1. The number of morpholine rings is 1. The van der Waals surface area contributed by atoms with Crippen molar-refractivity contribution in [1.82, 2.24) is 15.2 Å². The van der Waals surface area contributed by atoms with Crippen LogP contribution < -0.4 is 5.32 Å². The molecule has 0 radical (unpaired) electrons. The van der Waals surface area contributed by atoms with E-state index in [-0.39, 0.29) is 23.5 Å². The lowest BCUT2D eigenvalue weighted by Crippen LogP contribution is -2.48. The number of thiazole rings is 1. The second-order valence-corrected chi connectivity index (χ2v) is 10.0.